The summed E-state index contributed by atoms with van der Waals surface area (Å²) in [6.45, 7) is 3.71. The van der Waals surface area contributed by atoms with Crippen LogP contribution in [0.15, 0.2) is 30.5 Å². The molecule has 106 valence electrons. The van der Waals surface area contributed by atoms with Crippen LogP contribution in [0.1, 0.15) is 31.7 Å². The van der Waals surface area contributed by atoms with E-state index in [1.165, 1.54) is 12.8 Å². The highest BCUT2D eigenvalue weighted by Gasteiger charge is 2.20. The maximum atomic E-state index is 14.1. The first kappa shape index (κ1) is 13.3. The van der Waals surface area contributed by atoms with Gasteiger partial charge in [-0.05, 0) is 43.0 Å². The first-order valence-corrected chi connectivity index (χ1v) is 7.32. The summed E-state index contributed by atoms with van der Waals surface area (Å²) in [5.74, 6) is -0.182. The molecule has 1 heterocycles. The van der Waals surface area contributed by atoms with E-state index in [1.807, 2.05) is 22.9 Å². The van der Waals surface area contributed by atoms with Crippen molar-refractivity contribution in [2.75, 3.05) is 0 Å². The highest BCUT2D eigenvalue weighted by Crippen LogP contribution is 2.25. The zero-order chi connectivity index (χ0) is 13.9. The summed E-state index contributed by atoms with van der Waals surface area (Å²) in [5.41, 5.74) is 2.63. The molecule has 20 heavy (non-hydrogen) atoms. The molecule has 1 aromatic heterocycles. The Labute approximate surface area is 118 Å². The molecule has 3 rings (SSSR count). The van der Waals surface area contributed by atoms with Crippen LogP contribution in [0.5, 0.6) is 0 Å². The van der Waals surface area contributed by atoms with Crippen molar-refractivity contribution in [3.8, 4) is 11.3 Å². The molecule has 0 saturated heterocycles. The number of aromatic nitrogens is 2. The molecule has 0 atom stereocenters. The first-order valence-electron chi connectivity index (χ1n) is 7.32. The second kappa shape index (κ2) is 5.75. The summed E-state index contributed by atoms with van der Waals surface area (Å²) < 4.78 is 16.0. The summed E-state index contributed by atoms with van der Waals surface area (Å²) in [5, 5.41) is 7.73. The van der Waals surface area contributed by atoms with Crippen LogP contribution >= 0.6 is 0 Å². The van der Waals surface area contributed by atoms with Gasteiger partial charge in [0.05, 0.1) is 5.69 Å². The maximum absolute atomic E-state index is 14.1. The third-order valence-corrected chi connectivity index (χ3v) is 3.63. The number of halogens is 1. The van der Waals surface area contributed by atoms with Gasteiger partial charge in [0, 0.05) is 30.9 Å². The van der Waals surface area contributed by atoms with Gasteiger partial charge in [-0.3, -0.25) is 4.68 Å². The number of aryl methyl sites for hydroxylation is 1. The Morgan fingerprint density at radius 3 is 2.95 bits per heavy atom. The third kappa shape index (κ3) is 2.90. The number of rotatable bonds is 6. The molecule has 1 aliphatic carbocycles. The van der Waals surface area contributed by atoms with Crippen molar-refractivity contribution in [2.24, 2.45) is 0 Å². The fourth-order valence-corrected chi connectivity index (χ4v) is 2.38. The predicted octanol–water partition coefficient (Wildman–Crippen LogP) is 3.35. The van der Waals surface area contributed by atoms with Gasteiger partial charge in [-0.2, -0.15) is 5.10 Å². The van der Waals surface area contributed by atoms with E-state index in [9.17, 15) is 4.39 Å². The smallest absolute Gasteiger partial charge is 0.132 e. The van der Waals surface area contributed by atoms with Gasteiger partial charge in [-0.1, -0.05) is 13.0 Å². The van der Waals surface area contributed by atoms with Gasteiger partial charge in [-0.15, -0.1) is 0 Å². The van der Waals surface area contributed by atoms with Gasteiger partial charge >= 0.3 is 0 Å². The zero-order valence-electron chi connectivity index (χ0n) is 11.8. The lowest BCUT2D eigenvalue weighted by atomic mass is 10.1. The van der Waals surface area contributed by atoms with Crippen molar-refractivity contribution in [2.45, 2.75) is 45.3 Å². The van der Waals surface area contributed by atoms with Crippen molar-refractivity contribution in [1.82, 2.24) is 15.1 Å². The summed E-state index contributed by atoms with van der Waals surface area (Å²) in [4.78, 5) is 0. The lowest BCUT2D eigenvalue weighted by Crippen LogP contribution is -2.15. The minimum absolute atomic E-state index is 0.182. The summed E-state index contributed by atoms with van der Waals surface area (Å²) >= 11 is 0. The van der Waals surface area contributed by atoms with E-state index in [0.717, 1.165) is 30.8 Å². The topological polar surface area (TPSA) is 29.9 Å². The molecule has 1 fully saturated rings. The van der Waals surface area contributed by atoms with Gasteiger partial charge in [-0.25, -0.2) is 4.39 Å². The Morgan fingerprint density at radius 1 is 1.35 bits per heavy atom. The Morgan fingerprint density at radius 2 is 2.20 bits per heavy atom. The lowest BCUT2D eigenvalue weighted by molar-refractivity contribution is 0.597. The monoisotopic (exact) mass is 273 g/mol. The SMILES string of the molecule is CCCn1nccc1-c1cc(CNC2CC2)ccc1F. The normalized spacial score (nSPS) is 14.7. The number of nitrogens with one attached hydrogen (secondary N) is 1. The van der Waals surface area contributed by atoms with Crippen LogP contribution in [0.2, 0.25) is 0 Å². The standard InChI is InChI=1S/C16H20FN3/c1-2-9-20-16(7-8-19-20)14-10-12(3-6-15(14)17)11-18-13-4-5-13/h3,6-8,10,13,18H,2,4-5,9,11H2,1H3. The summed E-state index contributed by atoms with van der Waals surface area (Å²) in [6.07, 6.45) is 5.24. The van der Waals surface area contributed by atoms with Gasteiger partial charge in [0.1, 0.15) is 5.82 Å². The van der Waals surface area contributed by atoms with E-state index in [1.54, 1.807) is 12.3 Å². The van der Waals surface area contributed by atoms with E-state index in [-0.39, 0.29) is 5.82 Å². The highest BCUT2D eigenvalue weighted by molar-refractivity contribution is 5.61. The molecule has 0 amide bonds. The molecule has 1 aliphatic rings. The first-order chi connectivity index (χ1) is 9.78. The molecule has 0 aliphatic heterocycles. The van der Waals surface area contributed by atoms with E-state index in [0.29, 0.717) is 11.6 Å². The molecular weight excluding hydrogens is 253 g/mol. The number of benzene rings is 1. The fourth-order valence-electron chi connectivity index (χ4n) is 2.38. The molecule has 0 unspecified atom stereocenters. The number of hydrogen-bond acceptors (Lipinski definition) is 2. The number of hydrogen-bond donors (Lipinski definition) is 1. The van der Waals surface area contributed by atoms with Gasteiger partial charge < -0.3 is 5.32 Å². The molecule has 1 aromatic carbocycles. The predicted molar refractivity (Wildman–Crippen MR) is 77.8 cm³/mol. The van der Waals surface area contributed by atoms with Crippen LogP contribution in [0.4, 0.5) is 4.39 Å². The molecule has 4 heteroatoms. The fraction of sp³-hybridized carbons (Fsp3) is 0.438. The lowest BCUT2D eigenvalue weighted by Gasteiger charge is -2.10. The van der Waals surface area contributed by atoms with Crippen LogP contribution in [0.25, 0.3) is 11.3 Å². The second-order valence-electron chi connectivity index (χ2n) is 5.41. The summed E-state index contributed by atoms with van der Waals surface area (Å²) in [6, 6.07) is 7.89. The number of nitrogens with zero attached hydrogens (tertiary/aromatic N) is 2. The van der Waals surface area contributed by atoms with E-state index in [2.05, 4.69) is 17.3 Å². The van der Waals surface area contributed by atoms with Crippen LogP contribution in [-0.4, -0.2) is 15.8 Å². The molecule has 2 aromatic rings. The van der Waals surface area contributed by atoms with E-state index in [4.69, 9.17) is 0 Å². The molecular formula is C16H20FN3. The van der Waals surface area contributed by atoms with Gasteiger partial charge in [0.2, 0.25) is 0 Å². The molecule has 3 nitrogen and oxygen atoms in total. The van der Waals surface area contributed by atoms with Crippen molar-refractivity contribution in [3.05, 3.63) is 41.8 Å². The minimum Gasteiger partial charge on any atom is -0.310 e. The van der Waals surface area contributed by atoms with Crippen LogP contribution in [0.3, 0.4) is 0 Å². The zero-order valence-corrected chi connectivity index (χ0v) is 11.8. The van der Waals surface area contributed by atoms with E-state index >= 15 is 0 Å². The summed E-state index contributed by atoms with van der Waals surface area (Å²) in [7, 11) is 0. The Balaban J connectivity index is 1.86. The largest absolute Gasteiger partial charge is 0.310 e. The van der Waals surface area contributed by atoms with Gasteiger partial charge in [0.25, 0.3) is 0 Å². The average molecular weight is 273 g/mol. The molecule has 0 spiro atoms. The van der Waals surface area contributed by atoms with Crippen molar-refractivity contribution >= 4 is 0 Å². The quantitative estimate of drug-likeness (QED) is 0.874. The van der Waals surface area contributed by atoms with Crippen LogP contribution < -0.4 is 5.32 Å². The van der Waals surface area contributed by atoms with Crippen molar-refractivity contribution in [3.63, 3.8) is 0 Å². The Hall–Kier alpha value is -1.68. The van der Waals surface area contributed by atoms with Gasteiger partial charge in [0.15, 0.2) is 0 Å². The van der Waals surface area contributed by atoms with E-state index < -0.39 is 0 Å². The second-order valence-corrected chi connectivity index (χ2v) is 5.41. The molecule has 1 N–H and O–H groups in total. The Kier molecular flexibility index (Phi) is 3.83. The van der Waals surface area contributed by atoms with Crippen molar-refractivity contribution in [1.29, 1.82) is 0 Å². The molecule has 0 bridgehead atoms. The minimum atomic E-state index is -0.182. The molecule has 0 radical (unpaired) electrons. The average Bonchev–Trinajstić information content (AvgIpc) is 3.17. The highest BCUT2D eigenvalue weighted by atomic mass is 19.1. The van der Waals surface area contributed by atoms with Crippen molar-refractivity contribution < 1.29 is 4.39 Å². The van der Waals surface area contributed by atoms with Crippen LogP contribution in [-0.2, 0) is 13.1 Å². The Bertz CT molecular complexity index is 587. The maximum Gasteiger partial charge on any atom is 0.132 e. The molecule has 1 saturated carbocycles. The van der Waals surface area contributed by atoms with Crippen LogP contribution in [0, 0.1) is 5.82 Å². The third-order valence-electron chi connectivity index (χ3n) is 3.63.